The second-order valence-electron chi connectivity index (χ2n) is 5.08. The van der Waals surface area contributed by atoms with E-state index in [0.717, 1.165) is 11.9 Å². The molecule has 122 valence electrons. The second-order valence-corrected chi connectivity index (χ2v) is 5.52. The maximum atomic E-state index is 12.5. The van der Waals surface area contributed by atoms with Crippen LogP contribution >= 0.6 is 11.6 Å². The molecule has 0 N–H and O–H groups in total. The molecule has 2 aromatic rings. The van der Waals surface area contributed by atoms with Crippen molar-refractivity contribution >= 4 is 23.2 Å². The van der Waals surface area contributed by atoms with Crippen molar-refractivity contribution in [3.63, 3.8) is 0 Å². The molecule has 0 aliphatic carbocycles. The summed E-state index contributed by atoms with van der Waals surface area (Å²) in [5.41, 5.74) is -0.981. The normalized spacial score (nSPS) is 15.8. The van der Waals surface area contributed by atoms with E-state index in [2.05, 4.69) is 20.1 Å². The van der Waals surface area contributed by atoms with Crippen LogP contribution in [0.4, 0.5) is 24.8 Å². The van der Waals surface area contributed by atoms with Crippen molar-refractivity contribution < 1.29 is 13.2 Å². The van der Waals surface area contributed by atoms with E-state index in [0.29, 0.717) is 37.0 Å². The maximum Gasteiger partial charge on any atom is 0.435 e. The van der Waals surface area contributed by atoms with E-state index in [1.807, 2.05) is 11.0 Å². The third kappa shape index (κ3) is 3.64. The highest BCUT2D eigenvalue weighted by Crippen LogP contribution is 2.27. The number of hydrogen-bond acceptors (Lipinski definition) is 5. The van der Waals surface area contributed by atoms with Crippen LogP contribution in [0.1, 0.15) is 5.69 Å². The number of halogens is 4. The number of alkyl halides is 3. The third-order valence-corrected chi connectivity index (χ3v) is 3.80. The van der Waals surface area contributed by atoms with Crippen LogP contribution in [0.15, 0.2) is 30.5 Å². The highest BCUT2D eigenvalue weighted by molar-refractivity contribution is 6.30. The summed E-state index contributed by atoms with van der Waals surface area (Å²) in [7, 11) is 0. The van der Waals surface area contributed by atoms with E-state index < -0.39 is 11.9 Å². The van der Waals surface area contributed by atoms with Crippen molar-refractivity contribution in [1.29, 1.82) is 0 Å². The monoisotopic (exact) mass is 343 g/mol. The first-order chi connectivity index (χ1) is 10.9. The zero-order chi connectivity index (χ0) is 16.4. The van der Waals surface area contributed by atoms with Crippen LogP contribution in [0.25, 0.3) is 0 Å². The molecule has 1 aliphatic rings. The fourth-order valence-corrected chi connectivity index (χ4v) is 2.48. The van der Waals surface area contributed by atoms with Crippen LogP contribution in [0, 0.1) is 0 Å². The summed E-state index contributed by atoms with van der Waals surface area (Å²) in [6.45, 7) is 2.64. The van der Waals surface area contributed by atoms with Crippen molar-refractivity contribution in [1.82, 2.24) is 15.2 Å². The number of nitrogens with zero attached hydrogens (tertiary/aromatic N) is 5. The summed E-state index contributed by atoms with van der Waals surface area (Å²) in [4.78, 5) is 8.25. The van der Waals surface area contributed by atoms with Gasteiger partial charge in [0.15, 0.2) is 11.5 Å². The van der Waals surface area contributed by atoms with E-state index in [4.69, 9.17) is 11.6 Å². The quantitative estimate of drug-likeness (QED) is 0.839. The number of aromatic nitrogens is 3. The third-order valence-electron chi connectivity index (χ3n) is 3.58. The fourth-order valence-electron chi connectivity index (χ4n) is 2.36. The van der Waals surface area contributed by atoms with Crippen LogP contribution in [0.2, 0.25) is 5.02 Å². The van der Waals surface area contributed by atoms with Gasteiger partial charge in [0, 0.05) is 32.4 Å². The molecule has 0 amide bonds. The minimum Gasteiger partial charge on any atom is -0.353 e. The number of pyridine rings is 1. The van der Waals surface area contributed by atoms with Gasteiger partial charge in [0.25, 0.3) is 0 Å². The summed E-state index contributed by atoms with van der Waals surface area (Å²) >= 11 is 5.81. The molecule has 0 spiro atoms. The minimum absolute atomic E-state index is 0.446. The lowest BCUT2D eigenvalue weighted by atomic mass is 10.3. The van der Waals surface area contributed by atoms with E-state index in [-0.39, 0.29) is 0 Å². The molecule has 0 bridgehead atoms. The van der Waals surface area contributed by atoms with Gasteiger partial charge in [-0.25, -0.2) is 4.98 Å². The molecule has 0 unspecified atom stereocenters. The van der Waals surface area contributed by atoms with Gasteiger partial charge in [-0.3, -0.25) is 0 Å². The Morgan fingerprint density at radius 1 is 0.870 bits per heavy atom. The van der Waals surface area contributed by atoms with Crippen molar-refractivity contribution in [3.05, 3.63) is 41.2 Å². The molecule has 3 heterocycles. The minimum atomic E-state index is -4.47. The molecule has 0 radical (unpaired) electrons. The van der Waals surface area contributed by atoms with Crippen LogP contribution in [-0.2, 0) is 6.18 Å². The highest BCUT2D eigenvalue weighted by Gasteiger charge is 2.33. The molecular weight excluding hydrogens is 331 g/mol. The Labute approximate surface area is 135 Å². The van der Waals surface area contributed by atoms with Crippen LogP contribution < -0.4 is 9.80 Å². The Kier molecular flexibility index (Phi) is 4.25. The topological polar surface area (TPSA) is 45.2 Å². The van der Waals surface area contributed by atoms with Gasteiger partial charge >= 0.3 is 6.18 Å². The molecule has 0 aromatic carbocycles. The molecule has 1 aliphatic heterocycles. The summed E-state index contributed by atoms with van der Waals surface area (Å²) in [6, 6.07) is 5.93. The summed E-state index contributed by atoms with van der Waals surface area (Å²) < 4.78 is 37.5. The standard InChI is InChI=1S/C14H13ClF3N5/c15-10-1-3-12(19-9-10)22-5-7-23(8-6-22)13-4-2-11(20-21-13)14(16,17)18/h1-4,9H,5-8H2. The van der Waals surface area contributed by atoms with Crippen molar-refractivity contribution in [2.45, 2.75) is 6.18 Å². The molecular formula is C14H13ClF3N5. The van der Waals surface area contributed by atoms with Crippen LogP contribution in [-0.4, -0.2) is 41.4 Å². The van der Waals surface area contributed by atoms with Crippen molar-refractivity contribution in [2.24, 2.45) is 0 Å². The number of rotatable bonds is 2. The predicted molar refractivity (Wildman–Crippen MR) is 80.7 cm³/mol. The summed E-state index contributed by atoms with van der Waals surface area (Å²) in [5, 5.41) is 7.51. The first-order valence-electron chi connectivity index (χ1n) is 6.96. The average molecular weight is 344 g/mol. The number of anilines is 2. The molecule has 5 nitrogen and oxygen atoms in total. The molecule has 3 rings (SSSR count). The number of hydrogen-bond donors (Lipinski definition) is 0. The average Bonchev–Trinajstić information content (AvgIpc) is 2.55. The fraction of sp³-hybridized carbons (Fsp3) is 0.357. The van der Waals surface area contributed by atoms with Gasteiger partial charge in [-0.1, -0.05) is 11.6 Å². The largest absolute Gasteiger partial charge is 0.435 e. The Bertz CT molecular complexity index is 652. The lowest BCUT2D eigenvalue weighted by Gasteiger charge is -2.35. The maximum absolute atomic E-state index is 12.5. The lowest BCUT2D eigenvalue weighted by molar-refractivity contribution is -0.141. The van der Waals surface area contributed by atoms with E-state index in [1.54, 1.807) is 12.3 Å². The second kappa shape index (κ2) is 6.19. The van der Waals surface area contributed by atoms with Gasteiger partial charge in [-0.15, -0.1) is 10.2 Å². The zero-order valence-electron chi connectivity index (χ0n) is 12.0. The lowest BCUT2D eigenvalue weighted by Crippen LogP contribution is -2.47. The van der Waals surface area contributed by atoms with Crippen LogP contribution in [0.5, 0.6) is 0 Å². The Morgan fingerprint density at radius 3 is 1.96 bits per heavy atom. The molecule has 0 atom stereocenters. The number of piperazine rings is 1. The van der Waals surface area contributed by atoms with E-state index in [9.17, 15) is 13.2 Å². The van der Waals surface area contributed by atoms with Gasteiger partial charge in [-0.05, 0) is 24.3 Å². The molecule has 23 heavy (non-hydrogen) atoms. The molecule has 2 aromatic heterocycles. The van der Waals surface area contributed by atoms with Gasteiger partial charge in [-0.2, -0.15) is 13.2 Å². The highest BCUT2D eigenvalue weighted by atomic mass is 35.5. The Balaban J connectivity index is 1.63. The Hall–Kier alpha value is -2.09. The SMILES string of the molecule is FC(F)(F)c1ccc(N2CCN(c3ccc(Cl)cn3)CC2)nn1. The smallest absolute Gasteiger partial charge is 0.353 e. The first-order valence-corrected chi connectivity index (χ1v) is 7.34. The first kappa shape index (κ1) is 15.8. The van der Waals surface area contributed by atoms with Crippen LogP contribution in [0.3, 0.4) is 0 Å². The van der Waals surface area contributed by atoms with Crippen molar-refractivity contribution in [3.8, 4) is 0 Å². The van der Waals surface area contributed by atoms with Gasteiger partial charge in [0.05, 0.1) is 5.02 Å². The molecule has 0 saturated carbocycles. The zero-order valence-corrected chi connectivity index (χ0v) is 12.7. The van der Waals surface area contributed by atoms with Gasteiger partial charge < -0.3 is 9.80 Å². The summed E-state index contributed by atoms with van der Waals surface area (Å²) in [6.07, 6.45) is -2.88. The van der Waals surface area contributed by atoms with E-state index >= 15 is 0 Å². The predicted octanol–water partition coefficient (Wildman–Crippen LogP) is 2.87. The summed E-state index contributed by atoms with van der Waals surface area (Å²) in [5.74, 6) is 1.27. The molecule has 1 fully saturated rings. The van der Waals surface area contributed by atoms with Gasteiger partial charge in [0.2, 0.25) is 0 Å². The molecule has 1 saturated heterocycles. The Morgan fingerprint density at radius 2 is 1.48 bits per heavy atom. The van der Waals surface area contributed by atoms with Gasteiger partial charge in [0.1, 0.15) is 5.82 Å². The van der Waals surface area contributed by atoms with Crippen molar-refractivity contribution in [2.75, 3.05) is 36.0 Å². The van der Waals surface area contributed by atoms with E-state index in [1.165, 1.54) is 6.07 Å². The molecule has 9 heteroatoms.